The van der Waals surface area contributed by atoms with Crippen LogP contribution in [0.5, 0.6) is 0 Å². The van der Waals surface area contributed by atoms with Gasteiger partial charge in [0.25, 0.3) is 0 Å². The van der Waals surface area contributed by atoms with Gasteiger partial charge in [-0.2, -0.15) is 4.98 Å². The van der Waals surface area contributed by atoms with Gasteiger partial charge in [0.15, 0.2) is 5.82 Å². The zero-order chi connectivity index (χ0) is 28.1. The third kappa shape index (κ3) is 7.05. The smallest absolute Gasteiger partial charge is 0.410 e. The minimum Gasteiger partial charge on any atom is -0.444 e. The zero-order valence-electron chi connectivity index (χ0n) is 23.6. The Balaban J connectivity index is 1.26. The molecule has 3 aromatic rings. The predicted octanol–water partition coefficient (Wildman–Crippen LogP) is 7.51. The summed E-state index contributed by atoms with van der Waals surface area (Å²) in [6.45, 7) is 8.50. The average Bonchev–Trinajstić information content (AvgIpc) is 2.96. The summed E-state index contributed by atoms with van der Waals surface area (Å²) >= 11 is 3.73. The maximum atomic E-state index is 12.4. The molecule has 8 nitrogen and oxygen atoms in total. The minimum atomic E-state index is -0.480. The van der Waals surface area contributed by atoms with Gasteiger partial charge < -0.3 is 24.8 Å². The van der Waals surface area contributed by atoms with Crippen molar-refractivity contribution in [3.63, 3.8) is 0 Å². The second-order valence-electron chi connectivity index (χ2n) is 11.5. The SMILES string of the molecule is CC(C)(C)OC(=O)N1CCN(c2ccc(Nc3ncc(Br)c(N(c4ccccc4)C4CCCCC4)n3)cc2)CC1. The van der Waals surface area contributed by atoms with Gasteiger partial charge in [0.1, 0.15) is 5.60 Å². The number of benzene rings is 2. The van der Waals surface area contributed by atoms with Gasteiger partial charge in [0, 0.05) is 55.5 Å². The van der Waals surface area contributed by atoms with E-state index in [0.29, 0.717) is 25.1 Å². The summed E-state index contributed by atoms with van der Waals surface area (Å²) in [5.41, 5.74) is 2.72. The Morgan fingerprint density at radius 2 is 1.65 bits per heavy atom. The second kappa shape index (κ2) is 12.5. The van der Waals surface area contributed by atoms with Crippen LogP contribution < -0.4 is 15.1 Å². The van der Waals surface area contributed by atoms with E-state index >= 15 is 0 Å². The maximum absolute atomic E-state index is 12.4. The molecule has 1 aliphatic heterocycles. The van der Waals surface area contributed by atoms with Gasteiger partial charge in [-0.3, -0.25) is 0 Å². The molecule has 212 valence electrons. The van der Waals surface area contributed by atoms with Crippen LogP contribution in [0.15, 0.2) is 65.3 Å². The first-order valence-electron chi connectivity index (χ1n) is 14.2. The summed E-state index contributed by atoms with van der Waals surface area (Å²) in [6.07, 6.45) is 7.68. The Bertz CT molecular complexity index is 1270. The van der Waals surface area contributed by atoms with Crippen molar-refractivity contribution < 1.29 is 9.53 Å². The monoisotopic (exact) mass is 606 g/mol. The fourth-order valence-corrected chi connectivity index (χ4v) is 5.76. The molecule has 1 N–H and O–H groups in total. The number of carbonyl (C=O) groups excluding carboxylic acids is 1. The number of hydrogen-bond acceptors (Lipinski definition) is 7. The molecular formula is C31H39BrN6O2. The van der Waals surface area contributed by atoms with Crippen LogP contribution in [0.2, 0.25) is 0 Å². The van der Waals surface area contributed by atoms with Crippen LogP contribution >= 0.6 is 15.9 Å². The van der Waals surface area contributed by atoms with Crippen LogP contribution in [0.25, 0.3) is 0 Å². The van der Waals surface area contributed by atoms with Crippen LogP contribution in [0, 0.1) is 0 Å². The molecule has 5 rings (SSSR count). The Morgan fingerprint density at radius 1 is 0.975 bits per heavy atom. The Hall–Kier alpha value is -3.33. The number of halogens is 1. The molecule has 9 heteroatoms. The van der Waals surface area contributed by atoms with E-state index < -0.39 is 5.60 Å². The van der Waals surface area contributed by atoms with Crippen LogP contribution in [-0.2, 0) is 4.74 Å². The number of para-hydroxylation sites is 1. The lowest BCUT2D eigenvalue weighted by atomic mass is 9.93. The fraction of sp³-hybridized carbons (Fsp3) is 0.452. The van der Waals surface area contributed by atoms with Crippen LogP contribution in [0.3, 0.4) is 0 Å². The number of rotatable bonds is 6. The van der Waals surface area contributed by atoms with Gasteiger partial charge in [-0.1, -0.05) is 37.5 Å². The number of aromatic nitrogens is 2. The summed E-state index contributed by atoms with van der Waals surface area (Å²) in [5.74, 6) is 1.45. The lowest BCUT2D eigenvalue weighted by Crippen LogP contribution is -2.50. The summed E-state index contributed by atoms with van der Waals surface area (Å²) in [5, 5.41) is 3.40. The maximum Gasteiger partial charge on any atom is 0.410 e. The number of nitrogens with one attached hydrogen (secondary N) is 1. The minimum absolute atomic E-state index is 0.241. The summed E-state index contributed by atoms with van der Waals surface area (Å²) in [7, 11) is 0. The van der Waals surface area contributed by atoms with Gasteiger partial charge in [0.2, 0.25) is 5.95 Å². The highest BCUT2D eigenvalue weighted by Gasteiger charge is 2.27. The van der Waals surface area contributed by atoms with Crippen LogP contribution in [0.1, 0.15) is 52.9 Å². The fourth-order valence-electron chi connectivity index (χ4n) is 5.38. The number of anilines is 5. The molecule has 0 atom stereocenters. The molecule has 1 saturated carbocycles. The van der Waals surface area contributed by atoms with E-state index in [4.69, 9.17) is 9.72 Å². The molecule has 0 spiro atoms. The van der Waals surface area contributed by atoms with E-state index in [-0.39, 0.29) is 6.09 Å². The molecule has 1 amide bonds. The number of piperazine rings is 1. The summed E-state index contributed by atoms with van der Waals surface area (Å²) in [6, 6.07) is 19.2. The standard InChI is InChI=1S/C31H39BrN6O2/c1-31(2,3)40-30(39)37-20-18-36(19-21-37)24-16-14-23(15-17-24)34-29-33-22-27(32)28(35-29)38(25-10-6-4-7-11-25)26-12-8-5-9-13-26/h4,6-7,10-11,14-17,22,26H,5,8-9,12-13,18-21H2,1-3H3,(H,33,34,35). The molecule has 2 heterocycles. The van der Waals surface area contributed by atoms with E-state index in [2.05, 4.69) is 90.6 Å². The Labute approximate surface area is 245 Å². The van der Waals surface area contributed by atoms with Crippen LogP contribution in [-0.4, -0.2) is 58.8 Å². The van der Waals surface area contributed by atoms with Crippen molar-refractivity contribution in [1.29, 1.82) is 0 Å². The lowest BCUT2D eigenvalue weighted by molar-refractivity contribution is 0.0240. The first-order chi connectivity index (χ1) is 19.3. The van der Waals surface area contributed by atoms with E-state index in [1.54, 1.807) is 4.90 Å². The number of ether oxygens (including phenoxy) is 1. The molecular weight excluding hydrogens is 568 g/mol. The third-order valence-electron chi connectivity index (χ3n) is 7.35. The van der Waals surface area contributed by atoms with Crippen molar-refractivity contribution in [1.82, 2.24) is 14.9 Å². The van der Waals surface area contributed by atoms with Crippen molar-refractivity contribution in [3.8, 4) is 0 Å². The summed E-state index contributed by atoms with van der Waals surface area (Å²) < 4.78 is 6.41. The number of nitrogens with zero attached hydrogens (tertiary/aromatic N) is 5. The molecule has 1 aromatic heterocycles. The normalized spacial score (nSPS) is 16.5. The van der Waals surface area contributed by atoms with Crippen molar-refractivity contribution in [2.24, 2.45) is 0 Å². The first-order valence-corrected chi connectivity index (χ1v) is 15.0. The van der Waals surface area contributed by atoms with Crippen molar-refractivity contribution >= 4 is 50.9 Å². The van der Waals surface area contributed by atoms with Gasteiger partial charge >= 0.3 is 6.09 Å². The Kier molecular flexibility index (Phi) is 8.78. The molecule has 0 radical (unpaired) electrons. The van der Waals surface area contributed by atoms with Gasteiger partial charge in [-0.25, -0.2) is 9.78 Å². The first kappa shape index (κ1) is 28.2. The van der Waals surface area contributed by atoms with Gasteiger partial charge in [-0.05, 0) is 85.9 Å². The zero-order valence-corrected chi connectivity index (χ0v) is 25.2. The molecule has 1 saturated heterocycles. The molecule has 2 fully saturated rings. The highest BCUT2D eigenvalue weighted by atomic mass is 79.9. The number of carbonyl (C=O) groups is 1. The van der Waals surface area contributed by atoms with E-state index in [1.807, 2.05) is 27.0 Å². The highest BCUT2D eigenvalue weighted by molar-refractivity contribution is 9.10. The van der Waals surface area contributed by atoms with Crippen molar-refractivity contribution in [2.75, 3.05) is 41.3 Å². The highest BCUT2D eigenvalue weighted by Crippen LogP contribution is 2.37. The van der Waals surface area contributed by atoms with Crippen molar-refractivity contribution in [2.45, 2.75) is 64.5 Å². The summed E-state index contributed by atoms with van der Waals surface area (Å²) in [4.78, 5) is 28.4. The molecule has 40 heavy (non-hydrogen) atoms. The van der Waals surface area contributed by atoms with E-state index in [9.17, 15) is 4.79 Å². The molecule has 1 aliphatic carbocycles. The number of amides is 1. The van der Waals surface area contributed by atoms with Gasteiger partial charge in [0.05, 0.1) is 4.47 Å². The quantitative estimate of drug-likeness (QED) is 0.311. The molecule has 0 bridgehead atoms. The van der Waals surface area contributed by atoms with E-state index in [1.165, 1.54) is 19.3 Å². The molecule has 2 aromatic carbocycles. The second-order valence-corrected chi connectivity index (χ2v) is 12.3. The third-order valence-corrected chi connectivity index (χ3v) is 7.91. The topological polar surface area (TPSA) is 73.8 Å². The van der Waals surface area contributed by atoms with Crippen LogP contribution in [0.4, 0.5) is 33.6 Å². The van der Waals surface area contributed by atoms with E-state index in [0.717, 1.165) is 53.3 Å². The largest absolute Gasteiger partial charge is 0.444 e. The Morgan fingerprint density at radius 3 is 2.30 bits per heavy atom. The van der Waals surface area contributed by atoms with Crippen molar-refractivity contribution in [3.05, 3.63) is 65.3 Å². The number of hydrogen-bond donors (Lipinski definition) is 1. The lowest BCUT2D eigenvalue weighted by Gasteiger charge is -2.36. The molecule has 2 aliphatic rings. The predicted molar refractivity (Wildman–Crippen MR) is 165 cm³/mol. The average molecular weight is 608 g/mol. The van der Waals surface area contributed by atoms with Gasteiger partial charge in [-0.15, -0.1) is 0 Å². The molecule has 0 unspecified atom stereocenters.